The summed E-state index contributed by atoms with van der Waals surface area (Å²) in [6.07, 6.45) is -3.94. The van der Waals surface area contributed by atoms with Crippen LogP contribution in [0.5, 0.6) is 0 Å². The van der Waals surface area contributed by atoms with Crippen LogP contribution in [0.3, 0.4) is 0 Å². The van der Waals surface area contributed by atoms with E-state index in [-0.39, 0.29) is 18.3 Å². The maximum absolute atomic E-state index is 12.2. The molecule has 0 radical (unpaired) electrons. The normalized spacial score (nSPS) is 30.1. The number of fused-ring (bicyclic) bond motifs is 1. The summed E-state index contributed by atoms with van der Waals surface area (Å²) in [5.74, 6) is 0.0849. The summed E-state index contributed by atoms with van der Waals surface area (Å²) >= 11 is 0. The number of carbonyl (C=O) groups excluding carboxylic acids is 1. The average molecular weight is 378 g/mol. The Morgan fingerprint density at radius 2 is 2.08 bits per heavy atom. The molecule has 0 aromatic carbocycles. The van der Waals surface area contributed by atoms with E-state index in [0.717, 1.165) is 0 Å². The Labute approximate surface area is 142 Å². The predicted molar refractivity (Wildman–Crippen MR) is 81.5 cm³/mol. The standard InChI is InChI=1S/C12H19N4O8P/c1-14-5-15(2)11(19)7-10(14)16(4-13-7)12-8(18)9(6(3-17)23-12)24-25(20,21)22/h4,6,8-9,12,17-18H,3,5H2,1-2H3,(H2,20,21,22)/t6-,8-,9-,12-/m1/s1. The molecule has 1 aromatic rings. The van der Waals surface area contributed by atoms with Crippen molar-refractivity contribution < 1.29 is 38.6 Å². The summed E-state index contributed by atoms with van der Waals surface area (Å²) in [7, 11) is -1.57. The Kier molecular flexibility index (Phi) is 4.62. The Hall–Kier alpha value is -1.53. The van der Waals surface area contributed by atoms with Crippen LogP contribution in [0.1, 0.15) is 16.7 Å². The van der Waals surface area contributed by atoms with Crippen LogP contribution in [0.4, 0.5) is 5.82 Å². The van der Waals surface area contributed by atoms with Crippen LogP contribution in [0.25, 0.3) is 0 Å². The van der Waals surface area contributed by atoms with E-state index in [9.17, 15) is 19.6 Å². The SMILES string of the molecule is CN1CN(C)c2c(ncn2[C@@H]2O[C@H](CO)[C@@H](OP(=O)(O)O)[C@H]2O)C1=O. The van der Waals surface area contributed by atoms with Crippen LogP contribution in [0, 0.1) is 0 Å². The third-order valence-electron chi connectivity index (χ3n) is 4.13. The van der Waals surface area contributed by atoms with Gasteiger partial charge in [0.1, 0.15) is 24.1 Å². The average Bonchev–Trinajstić information content (AvgIpc) is 3.07. The number of rotatable bonds is 4. The maximum atomic E-state index is 12.2. The number of anilines is 1. The lowest BCUT2D eigenvalue weighted by atomic mass is 10.1. The van der Waals surface area contributed by atoms with Crippen LogP contribution in [-0.4, -0.2) is 86.0 Å². The Morgan fingerprint density at radius 1 is 1.40 bits per heavy atom. The molecule has 1 amide bonds. The molecule has 4 N–H and O–H groups in total. The maximum Gasteiger partial charge on any atom is 0.470 e. The number of phosphoric acid groups is 1. The molecule has 0 spiro atoms. The van der Waals surface area contributed by atoms with Crippen LogP contribution in [-0.2, 0) is 13.8 Å². The van der Waals surface area contributed by atoms with Crippen molar-refractivity contribution in [3.63, 3.8) is 0 Å². The van der Waals surface area contributed by atoms with Gasteiger partial charge in [0.2, 0.25) is 0 Å². The number of aromatic nitrogens is 2. The molecule has 2 aliphatic rings. The molecule has 12 nitrogen and oxygen atoms in total. The number of phosphoric ester groups is 1. The molecule has 4 atom stereocenters. The third kappa shape index (κ3) is 3.17. The number of amides is 1. The van der Waals surface area contributed by atoms with Crippen molar-refractivity contribution in [3.8, 4) is 0 Å². The van der Waals surface area contributed by atoms with Crippen LogP contribution in [0.2, 0.25) is 0 Å². The molecule has 0 bridgehead atoms. The first kappa shape index (κ1) is 18.3. The van der Waals surface area contributed by atoms with Crippen molar-refractivity contribution in [2.24, 2.45) is 0 Å². The number of nitrogens with zero attached hydrogens (tertiary/aromatic N) is 4. The minimum absolute atomic E-state index is 0.159. The van der Waals surface area contributed by atoms with Gasteiger partial charge in [0.15, 0.2) is 11.9 Å². The van der Waals surface area contributed by atoms with Gasteiger partial charge in [0, 0.05) is 14.1 Å². The lowest BCUT2D eigenvalue weighted by molar-refractivity contribution is -0.0521. The summed E-state index contributed by atoms with van der Waals surface area (Å²) < 4.78 is 22.5. The second-order valence-electron chi connectivity index (χ2n) is 5.97. The number of ether oxygens (including phenoxy) is 1. The summed E-state index contributed by atoms with van der Waals surface area (Å²) in [5, 5.41) is 19.8. The van der Waals surface area contributed by atoms with Crippen LogP contribution < -0.4 is 4.90 Å². The fraction of sp³-hybridized carbons (Fsp3) is 0.667. The van der Waals surface area contributed by atoms with Crippen molar-refractivity contribution >= 4 is 19.5 Å². The van der Waals surface area contributed by atoms with Gasteiger partial charge in [-0.1, -0.05) is 0 Å². The monoisotopic (exact) mass is 378 g/mol. The highest BCUT2D eigenvalue weighted by Crippen LogP contribution is 2.44. The van der Waals surface area contributed by atoms with Gasteiger partial charge in [0.05, 0.1) is 19.6 Å². The van der Waals surface area contributed by atoms with Crippen LogP contribution in [0.15, 0.2) is 6.33 Å². The van der Waals surface area contributed by atoms with E-state index in [1.165, 1.54) is 15.8 Å². The number of aliphatic hydroxyl groups excluding tert-OH is 2. The minimum Gasteiger partial charge on any atom is -0.394 e. The van der Waals surface area contributed by atoms with Gasteiger partial charge in [-0.3, -0.25) is 13.9 Å². The summed E-state index contributed by atoms with van der Waals surface area (Å²) in [4.78, 5) is 37.4. The van der Waals surface area contributed by atoms with E-state index in [0.29, 0.717) is 5.82 Å². The second-order valence-corrected chi connectivity index (χ2v) is 7.16. The number of aliphatic hydroxyl groups is 2. The van der Waals surface area contributed by atoms with Gasteiger partial charge in [-0.15, -0.1) is 0 Å². The molecule has 140 valence electrons. The molecule has 0 saturated carbocycles. The largest absolute Gasteiger partial charge is 0.470 e. The zero-order chi connectivity index (χ0) is 18.5. The lowest BCUT2D eigenvalue weighted by Crippen LogP contribution is -2.44. The fourth-order valence-electron chi connectivity index (χ4n) is 3.08. The van der Waals surface area contributed by atoms with E-state index < -0.39 is 39.0 Å². The molecular formula is C12H19N4O8P. The highest BCUT2D eigenvalue weighted by atomic mass is 31.2. The Bertz CT molecular complexity index is 720. The molecule has 1 aromatic heterocycles. The van der Waals surface area contributed by atoms with E-state index in [1.54, 1.807) is 19.0 Å². The quantitative estimate of drug-likeness (QED) is 0.436. The molecule has 25 heavy (non-hydrogen) atoms. The van der Waals surface area contributed by atoms with Gasteiger partial charge in [-0.05, 0) is 0 Å². The first-order chi connectivity index (χ1) is 11.6. The molecule has 3 rings (SSSR count). The van der Waals surface area contributed by atoms with Crippen molar-refractivity contribution in [2.45, 2.75) is 24.5 Å². The van der Waals surface area contributed by atoms with Gasteiger partial charge in [-0.2, -0.15) is 0 Å². The van der Waals surface area contributed by atoms with E-state index in [2.05, 4.69) is 9.51 Å². The van der Waals surface area contributed by atoms with Crippen molar-refractivity contribution in [2.75, 3.05) is 32.3 Å². The highest BCUT2D eigenvalue weighted by Gasteiger charge is 2.49. The lowest BCUT2D eigenvalue weighted by Gasteiger charge is -2.33. The number of carbonyl (C=O) groups is 1. The van der Waals surface area contributed by atoms with E-state index >= 15 is 0 Å². The smallest absolute Gasteiger partial charge is 0.394 e. The molecule has 1 saturated heterocycles. The zero-order valence-electron chi connectivity index (χ0n) is 13.5. The molecule has 0 aliphatic carbocycles. The molecule has 13 heteroatoms. The minimum atomic E-state index is -4.91. The summed E-state index contributed by atoms with van der Waals surface area (Å²) in [5.41, 5.74) is 0.159. The predicted octanol–water partition coefficient (Wildman–Crippen LogP) is -1.91. The molecular weight excluding hydrogens is 359 g/mol. The van der Waals surface area contributed by atoms with Gasteiger partial charge in [0.25, 0.3) is 5.91 Å². The summed E-state index contributed by atoms with van der Waals surface area (Å²) in [6, 6.07) is 0. The highest BCUT2D eigenvalue weighted by molar-refractivity contribution is 7.46. The van der Waals surface area contributed by atoms with Crippen molar-refractivity contribution in [1.82, 2.24) is 14.5 Å². The van der Waals surface area contributed by atoms with Gasteiger partial charge in [-0.25, -0.2) is 9.55 Å². The van der Waals surface area contributed by atoms with E-state index in [4.69, 9.17) is 14.5 Å². The Morgan fingerprint density at radius 3 is 2.68 bits per heavy atom. The van der Waals surface area contributed by atoms with Crippen molar-refractivity contribution in [1.29, 1.82) is 0 Å². The third-order valence-corrected chi connectivity index (χ3v) is 4.64. The number of hydrogen-bond donors (Lipinski definition) is 4. The van der Waals surface area contributed by atoms with Crippen LogP contribution >= 0.6 is 7.82 Å². The summed E-state index contributed by atoms with van der Waals surface area (Å²) in [6.45, 7) is -0.335. The second kappa shape index (κ2) is 6.32. The molecule has 2 aliphatic heterocycles. The van der Waals surface area contributed by atoms with Gasteiger partial charge >= 0.3 is 7.82 Å². The zero-order valence-corrected chi connectivity index (χ0v) is 14.4. The topological polar surface area (TPSA) is 158 Å². The van der Waals surface area contributed by atoms with Gasteiger partial charge < -0.3 is 34.5 Å². The first-order valence-corrected chi connectivity index (χ1v) is 8.89. The van der Waals surface area contributed by atoms with E-state index in [1.807, 2.05) is 0 Å². The van der Waals surface area contributed by atoms with Crippen molar-refractivity contribution in [3.05, 3.63) is 12.0 Å². The number of imidazole rings is 1. The molecule has 1 fully saturated rings. The fourth-order valence-corrected chi connectivity index (χ4v) is 3.66. The molecule has 0 unspecified atom stereocenters. The number of hydrogen-bond acceptors (Lipinski definition) is 8. The first-order valence-electron chi connectivity index (χ1n) is 7.35. The molecule has 3 heterocycles. The Balaban J connectivity index is 1.94.